The van der Waals surface area contributed by atoms with E-state index in [4.69, 9.17) is 23.2 Å². The number of nitrogens with one attached hydrogen (secondary N) is 1. The second kappa shape index (κ2) is 5.94. The number of hydrogen-bond donors (Lipinski definition) is 1. The first-order chi connectivity index (χ1) is 10.6. The number of carbonyl (C=O) groups excluding carboxylic acids is 1. The fourth-order valence-corrected chi connectivity index (χ4v) is 2.44. The molecule has 0 aliphatic heterocycles. The number of hydrogen-bond acceptors (Lipinski definition) is 3. The van der Waals surface area contributed by atoms with E-state index in [1.165, 1.54) is 6.07 Å². The van der Waals surface area contributed by atoms with Crippen LogP contribution in [0.5, 0.6) is 0 Å². The van der Waals surface area contributed by atoms with E-state index in [0.29, 0.717) is 21.4 Å². The minimum Gasteiger partial charge on any atom is -0.342 e. The fourth-order valence-electron chi connectivity index (χ4n) is 2.14. The summed E-state index contributed by atoms with van der Waals surface area (Å²) in [5.74, 6) is 0.405. The van der Waals surface area contributed by atoms with Gasteiger partial charge in [0, 0.05) is 11.8 Å². The van der Waals surface area contributed by atoms with Gasteiger partial charge in [0.05, 0.1) is 16.1 Å². The van der Waals surface area contributed by atoms with Crippen molar-refractivity contribution in [3.05, 3.63) is 64.0 Å². The van der Waals surface area contributed by atoms with Gasteiger partial charge >= 0.3 is 0 Å². The lowest BCUT2D eigenvalue weighted by Gasteiger charge is -2.12. The number of carbonyl (C=O) groups is 1. The first-order valence-electron chi connectivity index (χ1n) is 6.62. The van der Waals surface area contributed by atoms with Crippen molar-refractivity contribution < 1.29 is 4.79 Å². The van der Waals surface area contributed by atoms with Crippen LogP contribution in [-0.2, 0) is 0 Å². The number of rotatable bonds is 3. The normalized spacial score (nSPS) is 12.3. The Morgan fingerprint density at radius 2 is 2.00 bits per heavy atom. The Bertz CT molecular complexity index is 846. The van der Waals surface area contributed by atoms with Crippen molar-refractivity contribution in [2.75, 3.05) is 0 Å². The molecule has 1 amide bonds. The summed E-state index contributed by atoms with van der Waals surface area (Å²) in [7, 11) is 0. The summed E-state index contributed by atoms with van der Waals surface area (Å²) in [5, 5.41) is 11.8. The SMILES string of the molecule is CC(NC(=O)c1ccc(Cl)c(Cl)c1)c1nnc2ccccn12. The molecule has 7 heteroatoms. The lowest BCUT2D eigenvalue weighted by Crippen LogP contribution is -2.28. The highest BCUT2D eigenvalue weighted by Gasteiger charge is 2.17. The Kier molecular flexibility index (Phi) is 4.00. The molecule has 2 aromatic heterocycles. The standard InChI is InChI=1S/C15H12Cl2N4O/c1-9(14-20-19-13-4-2-3-7-21(13)14)18-15(22)10-5-6-11(16)12(17)8-10/h2-9H,1H3,(H,18,22). The summed E-state index contributed by atoms with van der Waals surface area (Å²) >= 11 is 11.8. The van der Waals surface area contributed by atoms with Gasteiger partial charge in [-0.15, -0.1) is 10.2 Å². The lowest BCUT2D eigenvalue weighted by atomic mass is 10.2. The van der Waals surface area contributed by atoms with Crippen molar-refractivity contribution >= 4 is 34.8 Å². The zero-order chi connectivity index (χ0) is 15.7. The number of benzene rings is 1. The molecule has 1 N–H and O–H groups in total. The maximum atomic E-state index is 12.3. The molecular weight excluding hydrogens is 323 g/mol. The van der Waals surface area contributed by atoms with Gasteiger partial charge in [0.25, 0.3) is 5.91 Å². The maximum Gasteiger partial charge on any atom is 0.251 e. The van der Waals surface area contributed by atoms with Crippen molar-refractivity contribution in [2.24, 2.45) is 0 Å². The summed E-state index contributed by atoms with van der Waals surface area (Å²) in [6, 6.07) is 10.1. The van der Waals surface area contributed by atoms with Crippen LogP contribution >= 0.6 is 23.2 Å². The van der Waals surface area contributed by atoms with Crippen molar-refractivity contribution in [3.8, 4) is 0 Å². The molecule has 0 aliphatic rings. The third-order valence-electron chi connectivity index (χ3n) is 3.26. The average Bonchev–Trinajstić information content (AvgIpc) is 2.94. The van der Waals surface area contributed by atoms with Gasteiger partial charge in [-0.25, -0.2) is 0 Å². The first kappa shape index (κ1) is 14.8. The second-order valence-electron chi connectivity index (χ2n) is 4.81. The molecule has 0 saturated carbocycles. The van der Waals surface area contributed by atoms with Gasteiger partial charge in [0.1, 0.15) is 0 Å². The zero-order valence-electron chi connectivity index (χ0n) is 11.6. The van der Waals surface area contributed by atoms with Gasteiger partial charge in [-0.1, -0.05) is 29.3 Å². The van der Waals surface area contributed by atoms with E-state index in [9.17, 15) is 4.79 Å². The van der Waals surface area contributed by atoms with Crippen LogP contribution < -0.4 is 5.32 Å². The largest absolute Gasteiger partial charge is 0.342 e. The smallest absolute Gasteiger partial charge is 0.251 e. The van der Waals surface area contributed by atoms with E-state index in [-0.39, 0.29) is 11.9 Å². The Morgan fingerprint density at radius 1 is 1.18 bits per heavy atom. The summed E-state index contributed by atoms with van der Waals surface area (Å²) in [6.45, 7) is 1.85. The third-order valence-corrected chi connectivity index (χ3v) is 4.00. The van der Waals surface area contributed by atoms with Gasteiger partial charge in [0.15, 0.2) is 11.5 Å². The fraction of sp³-hybridized carbons (Fsp3) is 0.133. The minimum atomic E-state index is -0.306. The molecule has 1 unspecified atom stereocenters. The number of aromatic nitrogens is 3. The Morgan fingerprint density at radius 3 is 2.77 bits per heavy atom. The van der Waals surface area contributed by atoms with E-state index in [0.717, 1.165) is 5.65 Å². The Hall–Kier alpha value is -2.11. The third kappa shape index (κ3) is 2.77. The molecule has 0 aliphatic carbocycles. The van der Waals surface area contributed by atoms with Crippen LogP contribution in [0.15, 0.2) is 42.6 Å². The molecule has 0 fully saturated rings. The molecule has 0 spiro atoms. The van der Waals surface area contributed by atoms with Gasteiger partial charge in [0.2, 0.25) is 0 Å². The van der Waals surface area contributed by atoms with Gasteiger partial charge in [-0.2, -0.15) is 0 Å². The number of nitrogens with zero attached hydrogens (tertiary/aromatic N) is 3. The van der Waals surface area contributed by atoms with E-state index in [1.54, 1.807) is 12.1 Å². The number of pyridine rings is 1. The van der Waals surface area contributed by atoms with Crippen molar-refractivity contribution in [2.45, 2.75) is 13.0 Å². The van der Waals surface area contributed by atoms with E-state index in [1.807, 2.05) is 35.7 Å². The van der Waals surface area contributed by atoms with Gasteiger partial charge < -0.3 is 5.32 Å². The van der Waals surface area contributed by atoms with Crippen molar-refractivity contribution in [1.82, 2.24) is 19.9 Å². The quantitative estimate of drug-likeness (QED) is 0.797. The topological polar surface area (TPSA) is 59.3 Å². The first-order valence-corrected chi connectivity index (χ1v) is 7.37. The molecular formula is C15H12Cl2N4O. The zero-order valence-corrected chi connectivity index (χ0v) is 13.1. The molecule has 3 rings (SSSR count). The summed E-state index contributed by atoms with van der Waals surface area (Å²) < 4.78 is 1.83. The van der Waals surface area contributed by atoms with Crippen LogP contribution in [0.25, 0.3) is 5.65 Å². The van der Waals surface area contributed by atoms with Crippen LogP contribution in [0.4, 0.5) is 0 Å². The molecule has 5 nitrogen and oxygen atoms in total. The molecule has 112 valence electrons. The maximum absolute atomic E-state index is 12.3. The van der Waals surface area contributed by atoms with E-state index in [2.05, 4.69) is 15.5 Å². The van der Waals surface area contributed by atoms with Gasteiger partial charge in [-0.05, 0) is 37.3 Å². The van der Waals surface area contributed by atoms with Crippen LogP contribution in [0.2, 0.25) is 10.0 Å². The Labute approximate surface area is 136 Å². The molecule has 3 aromatic rings. The predicted octanol–water partition coefficient (Wildman–Crippen LogP) is 3.53. The number of amides is 1. The van der Waals surface area contributed by atoms with Crippen LogP contribution in [0, 0.1) is 0 Å². The molecule has 2 heterocycles. The van der Waals surface area contributed by atoms with E-state index >= 15 is 0 Å². The second-order valence-corrected chi connectivity index (χ2v) is 5.63. The monoisotopic (exact) mass is 334 g/mol. The molecule has 1 aromatic carbocycles. The van der Waals surface area contributed by atoms with Crippen LogP contribution in [0.1, 0.15) is 29.1 Å². The highest BCUT2D eigenvalue weighted by atomic mass is 35.5. The van der Waals surface area contributed by atoms with E-state index < -0.39 is 0 Å². The molecule has 0 bridgehead atoms. The Balaban J connectivity index is 1.82. The highest BCUT2D eigenvalue weighted by molar-refractivity contribution is 6.42. The summed E-state index contributed by atoms with van der Waals surface area (Å²) in [5.41, 5.74) is 1.17. The summed E-state index contributed by atoms with van der Waals surface area (Å²) in [4.78, 5) is 12.3. The van der Waals surface area contributed by atoms with Crippen LogP contribution in [-0.4, -0.2) is 20.5 Å². The van der Waals surface area contributed by atoms with Crippen molar-refractivity contribution in [1.29, 1.82) is 0 Å². The molecule has 1 atom stereocenters. The summed E-state index contributed by atoms with van der Waals surface area (Å²) in [6.07, 6.45) is 1.85. The number of halogens is 2. The predicted molar refractivity (Wildman–Crippen MR) is 85.3 cm³/mol. The average molecular weight is 335 g/mol. The number of fused-ring (bicyclic) bond motifs is 1. The minimum absolute atomic E-state index is 0.251. The molecule has 0 saturated heterocycles. The van der Waals surface area contributed by atoms with Crippen molar-refractivity contribution in [3.63, 3.8) is 0 Å². The lowest BCUT2D eigenvalue weighted by molar-refractivity contribution is 0.0938. The van der Waals surface area contributed by atoms with Crippen LogP contribution in [0.3, 0.4) is 0 Å². The highest BCUT2D eigenvalue weighted by Crippen LogP contribution is 2.23. The molecule has 0 radical (unpaired) electrons. The molecule has 22 heavy (non-hydrogen) atoms. The van der Waals surface area contributed by atoms with Gasteiger partial charge in [-0.3, -0.25) is 9.20 Å².